The van der Waals surface area contributed by atoms with Crippen molar-refractivity contribution in [2.45, 2.75) is 38.1 Å². The van der Waals surface area contributed by atoms with E-state index in [0.717, 1.165) is 36.8 Å². The van der Waals surface area contributed by atoms with Gasteiger partial charge in [0, 0.05) is 12.6 Å². The van der Waals surface area contributed by atoms with Crippen molar-refractivity contribution in [3.63, 3.8) is 0 Å². The highest BCUT2D eigenvalue weighted by atomic mass is 16.5. The average Bonchev–Trinajstić information content (AvgIpc) is 3.12. The molecule has 0 N–H and O–H groups in total. The summed E-state index contributed by atoms with van der Waals surface area (Å²) in [4.78, 5) is 2.65. The molecule has 3 heteroatoms. The minimum Gasteiger partial charge on any atom is -0.493 e. The molecule has 0 aliphatic carbocycles. The largest absolute Gasteiger partial charge is 0.493 e. The summed E-state index contributed by atoms with van der Waals surface area (Å²) in [6.45, 7) is 3.22. The molecule has 3 nitrogen and oxygen atoms in total. The lowest BCUT2D eigenvalue weighted by molar-refractivity contribution is 0.207. The molecule has 0 spiro atoms. The van der Waals surface area contributed by atoms with Crippen molar-refractivity contribution in [3.8, 4) is 22.9 Å². The predicted molar refractivity (Wildman–Crippen MR) is 99.6 cm³/mol. The first kappa shape index (κ1) is 16.2. The standard InChI is InChI=1S/C22H24N2O/c23-16-17-4-6-18(7-5-17)19-9-11-22-20(15-19)8-10-21-3-1-12-24(21)13-2-14-25-22/h4-7,9,11,15,21H,1-3,8,10,12-14H2. The summed E-state index contributed by atoms with van der Waals surface area (Å²) in [5.74, 6) is 1.05. The lowest BCUT2D eigenvalue weighted by Gasteiger charge is -2.26. The van der Waals surface area contributed by atoms with Gasteiger partial charge in [-0.3, -0.25) is 0 Å². The van der Waals surface area contributed by atoms with Crippen molar-refractivity contribution in [1.82, 2.24) is 4.90 Å². The maximum Gasteiger partial charge on any atom is 0.122 e. The molecule has 2 aromatic rings. The van der Waals surface area contributed by atoms with E-state index >= 15 is 0 Å². The number of fused-ring (bicyclic) bond motifs is 2. The Morgan fingerprint density at radius 2 is 1.76 bits per heavy atom. The molecular formula is C22H24N2O. The molecule has 2 aromatic carbocycles. The summed E-state index contributed by atoms with van der Waals surface area (Å²) < 4.78 is 6.07. The molecule has 25 heavy (non-hydrogen) atoms. The van der Waals surface area contributed by atoms with Crippen molar-refractivity contribution in [1.29, 1.82) is 5.26 Å². The Bertz CT molecular complexity index is 776. The lowest BCUT2D eigenvalue weighted by atomic mass is 9.97. The van der Waals surface area contributed by atoms with Gasteiger partial charge in [0.15, 0.2) is 0 Å². The van der Waals surface area contributed by atoms with Gasteiger partial charge < -0.3 is 9.64 Å². The summed E-state index contributed by atoms with van der Waals surface area (Å²) in [5, 5.41) is 8.97. The fourth-order valence-corrected chi connectivity index (χ4v) is 4.12. The van der Waals surface area contributed by atoms with Crippen LogP contribution in [0.1, 0.15) is 36.8 Å². The van der Waals surface area contributed by atoms with E-state index in [0.29, 0.717) is 5.56 Å². The normalized spacial score (nSPS) is 20.8. The number of rotatable bonds is 1. The fraction of sp³-hybridized carbons (Fsp3) is 0.409. The van der Waals surface area contributed by atoms with Crippen LogP contribution in [-0.4, -0.2) is 30.6 Å². The summed E-state index contributed by atoms with van der Waals surface area (Å²) in [6, 6.07) is 17.3. The van der Waals surface area contributed by atoms with Gasteiger partial charge >= 0.3 is 0 Å². The molecule has 1 saturated heterocycles. The van der Waals surface area contributed by atoms with Gasteiger partial charge in [0.25, 0.3) is 0 Å². The van der Waals surface area contributed by atoms with E-state index in [9.17, 15) is 0 Å². The molecule has 128 valence electrons. The zero-order valence-electron chi connectivity index (χ0n) is 14.6. The van der Waals surface area contributed by atoms with Crippen LogP contribution in [0.25, 0.3) is 11.1 Å². The smallest absolute Gasteiger partial charge is 0.122 e. The minimum atomic E-state index is 0.701. The third kappa shape index (κ3) is 3.55. The third-order valence-electron chi connectivity index (χ3n) is 5.50. The maximum atomic E-state index is 8.97. The zero-order chi connectivity index (χ0) is 17.1. The highest BCUT2D eigenvalue weighted by Crippen LogP contribution is 2.31. The Morgan fingerprint density at radius 1 is 0.960 bits per heavy atom. The van der Waals surface area contributed by atoms with Crippen LogP contribution in [0, 0.1) is 11.3 Å². The Balaban J connectivity index is 1.60. The van der Waals surface area contributed by atoms with Crippen LogP contribution < -0.4 is 4.74 Å². The SMILES string of the molecule is N#Cc1ccc(-c2ccc3c(c2)CCC2CCCN2CCCO3)cc1. The van der Waals surface area contributed by atoms with Gasteiger partial charge in [-0.15, -0.1) is 0 Å². The van der Waals surface area contributed by atoms with Gasteiger partial charge in [-0.1, -0.05) is 18.2 Å². The molecule has 1 unspecified atom stereocenters. The number of nitrogens with zero attached hydrogens (tertiary/aromatic N) is 2. The summed E-state index contributed by atoms with van der Waals surface area (Å²) >= 11 is 0. The number of hydrogen-bond acceptors (Lipinski definition) is 3. The second kappa shape index (κ2) is 7.29. The van der Waals surface area contributed by atoms with Crippen LogP contribution >= 0.6 is 0 Å². The van der Waals surface area contributed by atoms with E-state index in [1.165, 1.54) is 43.5 Å². The molecule has 4 rings (SSSR count). The highest BCUT2D eigenvalue weighted by Gasteiger charge is 2.24. The van der Waals surface area contributed by atoms with Crippen LogP contribution in [0.4, 0.5) is 0 Å². The maximum absolute atomic E-state index is 8.97. The predicted octanol–water partition coefficient (Wildman–Crippen LogP) is 4.40. The van der Waals surface area contributed by atoms with Crippen LogP contribution in [-0.2, 0) is 6.42 Å². The number of ether oxygens (including phenoxy) is 1. The van der Waals surface area contributed by atoms with Crippen molar-refractivity contribution >= 4 is 0 Å². The first-order chi connectivity index (χ1) is 12.3. The van der Waals surface area contributed by atoms with Crippen molar-refractivity contribution in [2.24, 2.45) is 0 Å². The van der Waals surface area contributed by atoms with Gasteiger partial charge in [-0.2, -0.15) is 5.26 Å². The Labute approximate surface area is 149 Å². The number of nitriles is 1. The van der Waals surface area contributed by atoms with Crippen LogP contribution in [0.15, 0.2) is 42.5 Å². The second-order valence-corrected chi connectivity index (χ2v) is 7.08. The summed E-state index contributed by atoms with van der Waals surface area (Å²) in [6.07, 6.45) is 6.07. The molecule has 0 bridgehead atoms. The van der Waals surface area contributed by atoms with Gasteiger partial charge in [0.1, 0.15) is 5.75 Å². The molecule has 1 atom stereocenters. The topological polar surface area (TPSA) is 36.3 Å². The third-order valence-corrected chi connectivity index (χ3v) is 5.50. The van der Waals surface area contributed by atoms with E-state index in [1.54, 1.807) is 0 Å². The lowest BCUT2D eigenvalue weighted by Crippen LogP contribution is -2.32. The van der Waals surface area contributed by atoms with Crippen LogP contribution in [0.2, 0.25) is 0 Å². The van der Waals surface area contributed by atoms with Gasteiger partial charge in [-0.05, 0) is 79.6 Å². The monoisotopic (exact) mass is 332 g/mol. The van der Waals surface area contributed by atoms with E-state index in [4.69, 9.17) is 10.00 Å². The second-order valence-electron chi connectivity index (χ2n) is 7.08. The van der Waals surface area contributed by atoms with Crippen LogP contribution in [0.3, 0.4) is 0 Å². The van der Waals surface area contributed by atoms with Gasteiger partial charge in [-0.25, -0.2) is 0 Å². The Morgan fingerprint density at radius 3 is 2.60 bits per heavy atom. The molecule has 1 fully saturated rings. The number of aryl methyl sites for hydroxylation is 1. The summed E-state index contributed by atoms with van der Waals surface area (Å²) in [5.41, 5.74) is 4.37. The molecule has 2 aliphatic rings. The van der Waals surface area contributed by atoms with E-state index < -0.39 is 0 Å². The van der Waals surface area contributed by atoms with Crippen molar-refractivity contribution < 1.29 is 4.74 Å². The first-order valence-corrected chi connectivity index (χ1v) is 9.34. The molecule has 2 aliphatic heterocycles. The molecule has 0 aromatic heterocycles. The van der Waals surface area contributed by atoms with E-state index in [1.807, 2.05) is 24.3 Å². The van der Waals surface area contributed by atoms with Crippen LogP contribution in [0.5, 0.6) is 5.75 Å². The van der Waals surface area contributed by atoms with Crippen molar-refractivity contribution in [2.75, 3.05) is 19.7 Å². The van der Waals surface area contributed by atoms with Gasteiger partial charge in [0.05, 0.1) is 18.2 Å². The quantitative estimate of drug-likeness (QED) is 0.776. The van der Waals surface area contributed by atoms with E-state index in [2.05, 4.69) is 29.2 Å². The first-order valence-electron chi connectivity index (χ1n) is 9.34. The van der Waals surface area contributed by atoms with E-state index in [-0.39, 0.29) is 0 Å². The Hall–Kier alpha value is -2.31. The summed E-state index contributed by atoms with van der Waals surface area (Å²) in [7, 11) is 0. The van der Waals surface area contributed by atoms with Gasteiger partial charge in [0.2, 0.25) is 0 Å². The average molecular weight is 332 g/mol. The molecular weight excluding hydrogens is 308 g/mol. The molecule has 2 heterocycles. The molecule has 0 radical (unpaired) electrons. The fourth-order valence-electron chi connectivity index (χ4n) is 4.12. The molecule has 0 amide bonds. The van der Waals surface area contributed by atoms with Crippen molar-refractivity contribution in [3.05, 3.63) is 53.6 Å². The number of benzene rings is 2. The number of hydrogen-bond donors (Lipinski definition) is 0. The minimum absolute atomic E-state index is 0.701. The zero-order valence-corrected chi connectivity index (χ0v) is 14.6. The Kier molecular flexibility index (Phi) is 4.72. The molecule has 0 saturated carbocycles. The highest BCUT2D eigenvalue weighted by molar-refractivity contribution is 5.66.